The average Bonchev–Trinajstić information content (AvgIpc) is 2.55. The standard InChI is InChI=1S/C17H20N6/c1-12(2)8-10-18-15-11-20-23-17(22-15)21-14-7-3-5-13-6-4-9-19-16(13)14/h3-7,9,11-12H,8,10H2,1-2H3,(H2,18,21,22,23). The number of pyridine rings is 1. The van der Waals surface area contributed by atoms with E-state index in [0.29, 0.717) is 11.9 Å². The lowest BCUT2D eigenvalue weighted by Gasteiger charge is -2.09. The van der Waals surface area contributed by atoms with Crippen molar-refractivity contribution in [2.75, 3.05) is 17.2 Å². The third-order valence-electron chi connectivity index (χ3n) is 3.47. The van der Waals surface area contributed by atoms with E-state index in [1.165, 1.54) is 0 Å². The molecule has 2 aromatic heterocycles. The Morgan fingerprint density at radius 2 is 2.00 bits per heavy atom. The van der Waals surface area contributed by atoms with E-state index in [1.807, 2.05) is 30.3 Å². The zero-order chi connectivity index (χ0) is 16.1. The summed E-state index contributed by atoms with van der Waals surface area (Å²) in [5.74, 6) is 1.82. The topological polar surface area (TPSA) is 75.6 Å². The van der Waals surface area contributed by atoms with E-state index >= 15 is 0 Å². The largest absolute Gasteiger partial charge is 0.369 e. The number of hydrogen-bond acceptors (Lipinski definition) is 6. The van der Waals surface area contributed by atoms with Crippen molar-refractivity contribution < 1.29 is 0 Å². The molecule has 0 fully saturated rings. The second-order valence-corrected chi connectivity index (χ2v) is 5.78. The van der Waals surface area contributed by atoms with Crippen molar-refractivity contribution in [1.82, 2.24) is 20.2 Å². The Morgan fingerprint density at radius 3 is 2.87 bits per heavy atom. The first-order valence-electron chi connectivity index (χ1n) is 7.77. The number of para-hydroxylation sites is 1. The van der Waals surface area contributed by atoms with Crippen molar-refractivity contribution in [2.45, 2.75) is 20.3 Å². The van der Waals surface area contributed by atoms with Gasteiger partial charge in [0.1, 0.15) is 0 Å². The third kappa shape index (κ3) is 3.91. The van der Waals surface area contributed by atoms with Crippen molar-refractivity contribution in [3.05, 3.63) is 42.7 Å². The molecule has 0 spiro atoms. The quantitative estimate of drug-likeness (QED) is 0.724. The Bertz CT molecular complexity index is 781. The predicted octanol–water partition coefficient (Wildman–Crippen LogP) is 3.62. The monoisotopic (exact) mass is 308 g/mol. The lowest BCUT2D eigenvalue weighted by Crippen LogP contribution is -2.08. The summed E-state index contributed by atoms with van der Waals surface area (Å²) in [6.07, 6.45) is 4.49. The number of nitrogens with zero attached hydrogens (tertiary/aromatic N) is 4. The smallest absolute Gasteiger partial charge is 0.249 e. The molecule has 0 saturated carbocycles. The van der Waals surface area contributed by atoms with E-state index in [9.17, 15) is 0 Å². The molecule has 0 aliphatic rings. The Kier molecular flexibility index (Phi) is 4.61. The normalized spacial score (nSPS) is 10.9. The summed E-state index contributed by atoms with van der Waals surface area (Å²) in [6, 6.07) is 9.90. The van der Waals surface area contributed by atoms with Crippen LogP contribution in [-0.4, -0.2) is 26.7 Å². The minimum Gasteiger partial charge on any atom is -0.369 e. The van der Waals surface area contributed by atoms with Crippen LogP contribution in [0.15, 0.2) is 42.7 Å². The number of hydrogen-bond donors (Lipinski definition) is 2. The summed E-state index contributed by atoms with van der Waals surface area (Å²) in [5, 5.41) is 15.6. The first-order chi connectivity index (χ1) is 11.2. The van der Waals surface area contributed by atoms with Crippen LogP contribution in [0.1, 0.15) is 20.3 Å². The number of fused-ring (bicyclic) bond motifs is 1. The molecule has 6 nitrogen and oxygen atoms in total. The molecular weight excluding hydrogens is 288 g/mol. The second kappa shape index (κ2) is 7.00. The summed E-state index contributed by atoms with van der Waals surface area (Å²) in [6.45, 7) is 5.26. The van der Waals surface area contributed by atoms with Gasteiger partial charge in [-0.2, -0.15) is 10.1 Å². The molecule has 0 unspecified atom stereocenters. The summed E-state index contributed by atoms with van der Waals surface area (Å²) < 4.78 is 0. The van der Waals surface area contributed by atoms with Gasteiger partial charge in [-0.1, -0.05) is 32.0 Å². The fourth-order valence-corrected chi connectivity index (χ4v) is 2.26. The van der Waals surface area contributed by atoms with Gasteiger partial charge in [0.05, 0.1) is 17.4 Å². The van der Waals surface area contributed by atoms with Crippen molar-refractivity contribution in [2.24, 2.45) is 5.92 Å². The summed E-state index contributed by atoms with van der Waals surface area (Å²) >= 11 is 0. The Labute approximate surface area is 135 Å². The van der Waals surface area contributed by atoms with Gasteiger partial charge in [0, 0.05) is 18.1 Å². The average molecular weight is 308 g/mol. The van der Waals surface area contributed by atoms with Crippen LogP contribution in [0.2, 0.25) is 0 Å². The summed E-state index contributed by atoms with van der Waals surface area (Å²) in [4.78, 5) is 8.86. The van der Waals surface area contributed by atoms with Gasteiger partial charge in [0.15, 0.2) is 5.82 Å². The molecule has 0 atom stereocenters. The molecule has 0 radical (unpaired) electrons. The van der Waals surface area contributed by atoms with E-state index in [2.05, 4.69) is 44.6 Å². The summed E-state index contributed by atoms with van der Waals surface area (Å²) in [7, 11) is 0. The fraction of sp³-hybridized carbons (Fsp3) is 0.294. The van der Waals surface area contributed by atoms with Crippen molar-refractivity contribution in [3.63, 3.8) is 0 Å². The minimum absolute atomic E-state index is 0.456. The van der Waals surface area contributed by atoms with Crippen molar-refractivity contribution in [1.29, 1.82) is 0 Å². The van der Waals surface area contributed by atoms with Crippen LogP contribution in [0.5, 0.6) is 0 Å². The van der Waals surface area contributed by atoms with Crippen LogP contribution in [0, 0.1) is 5.92 Å². The maximum absolute atomic E-state index is 4.45. The Hall–Kier alpha value is -2.76. The van der Waals surface area contributed by atoms with Gasteiger partial charge in [-0.15, -0.1) is 5.10 Å². The molecule has 118 valence electrons. The van der Waals surface area contributed by atoms with Crippen LogP contribution in [-0.2, 0) is 0 Å². The van der Waals surface area contributed by atoms with Crippen LogP contribution in [0.25, 0.3) is 10.9 Å². The highest BCUT2D eigenvalue weighted by molar-refractivity contribution is 5.91. The fourth-order valence-electron chi connectivity index (χ4n) is 2.26. The number of aromatic nitrogens is 4. The SMILES string of the molecule is CC(C)CCNc1cnnc(Nc2cccc3cccnc23)n1. The molecule has 0 bridgehead atoms. The highest BCUT2D eigenvalue weighted by atomic mass is 15.3. The number of rotatable bonds is 6. The molecule has 23 heavy (non-hydrogen) atoms. The highest BCUT2D eigenvalue weighted by Gasteiger charge is 2.05. The molecule has 2 heterocycles. The highest BCUT2D eigenvalue weighted by Crippen LogP contribution is 2.23. The second-order valence-electron chi connectivity index (χ2n) is 5.78. The lowest BCUT2D eigenvalue weighted by molar-refractivity contribution is 0.606. The van der Waals surface area contributed by atoms with Crippen LogP contribution >= 0.6 is 0 Å². The molecule has 0 aliphatic carbocycles. The molecule has 3 aromatic rings. The molecule has 6 heteroatoms. The first kappa shape index (κ1) is 15.1. The van der Waals surface area contributed by atoms with Gasteiger partial charge in [-0.3, -0.25) is 4.98 Å². The number of anilines is 3. The molecule has 2 N–H and O–H groups in total. The third-order valence-corrected chi connectivity index (χ3v) is 3.47. The van der Waals surface area contributed by atoms with Crippen LogP contribution < -0.4 is 10.6 Å². The van der Waals surface area contributed by atoms with E-state index < -0.39 is 0 Å². The van der Waals surface area contributed by atoms with E-state index in [-0.39, 0.29) is 0 Å². The van der Waals surface area contributed by atoms with Gasteiger partial charge in [-0.05, 0) is 24.5 Å². The molecule has 1 aromatic carbocycles. The predicted molar refractivity (Wildman–Crippen MR) is 92.8 cm³/mol. The van der Waals surface area contributed by atoms with Gasteiger partial charge in [-0.25, -0.2) is 0 Å². The molecule has 3 rings (SSSR count). The first-order valence-corrected chi connectivity index (χ1v) is 7.77. The Morgan fingerprint density at radius 1 is 1.13 bits per heavy atom. The van der Waals surface area contributed by atoms with Crippen molar-refractivity contribution >= 4 is 28.4 Å². The van der Waals surface area contributed by atoms with Gasteiger partial charge in [0.25, 0.3) is 0 Å². The van der Waals surface area contributed by atoms with Crippen LogP contribution in [0.3, 0.4) is 0 Å². The van der Waals surface area contributed by atoms with Gasteiger partial charge >= 0.3 is 0 Å². The lowest BCUT2D eigenvalue weighted by atomic mass is 10.1. The zero-order valence-electron chi connectivity index (χ0n) is 13.3. The minimum atomic E-state index is 0.456. The molecule has 0 saturated heterocycles. The van der Waals surface area contributed by atoms with Gasteiger partial charge in [0.2, 0.25) is 5.95 Å². The van der Waals surface area contributed by atoms with E-state index in [4.69, 9.17) is 0 Å². The van der Waals surface area contributed by atoms with Crippen molar-refractivity contribution in [3.8, 4) is 0 Å². The number of benzene rings is 1. The van der Waals surface area contributed by atoms with E-state index in [0.717, 1.165) is 35.4 Å². The maximum Gasteiger partial charge on any atom is 0.249 e. The molecule has 0 aliphatic heterocycles. The molecular formula is C17H20N6. The Balaban J connectivity index is 1.77. The summed E-state index contributed by atoms with van der Waals surface area (Å²) in [5.41, 5.74) is 1.75. The van der Waals surface area contributed by atoms with E-state index in [1.54, 1.807) is 12.4 Å². The maximum atomic E-state index is 4.45. The zero-order valence-corrected chi connectivity index (χ0v) is 13.3. The van der Waals surface area contributed by atoms with Crippen LogP contribution in [0.4, 0.5) is 17.5 Å². The van der Waals surface area contributed by atoms with Gasteiger partial charge < -0.3 is 10.6 Å². The number of nitrogens with one attached hydrogen (secondary N) is 2. The molecule has 0 amide bonds.